The number of aryl methyl sites for hydroxylation is 1. The van der Waals surface area contributed by atoms with Gasteiger partial charge in [-0.25, -0.2) is 0 Å². The highest BCUT2D eigenvalue weighted by molar-refractivity contribution is 5.43. The van der Waals surface area contributed by atoms with Gasteiger partial charge in [-0.05, 0) is 30.5 Å². The molecule has 0 aliphatic carbocycles. The zero-order valence-corrected chi connectivity index (χ0v) is 7.09. The maximum absolute atomic E-state index is 5.23. The van der Waals surface area contributed by atoms with Crippen molar-refractivity contribution in [3.8, 4) is 0 Å². The van der Waals surface area contributed by atoms with Crippen LogP contribution in [0.15, 0.2) is 36.9 Å². The van der Waals surface area contributed by atoms with Gasteiger partial charge in [0.1, 0.15) is 0 Å². The highest BCUT2D eigenvalue weighted by Gasteiger charge is 1.91. The molecule has 0 spiro atoms. The second-order valence-electron chi connectivity index (χ2n) is 2.67. The fourth-order valence-electron chi connectivity index (χ4n) is 1.04. The van der Waals surface area contributed by atoms with Crippen LogP contribution >= 0.6 is 0 Å². The lowest BCUT2D eigenvalue weighted by Gasteiger charge is -2.01. The topological polar surface area (TPSA) is 38.0 Å². The molecule has 0 fully saturated rings. The molecule has 12 heavy (non-hydrogen) atoms. The average molecular weight is 162 g/mol. The summed E-state index contributed by atoms with van der Waals surface area (Å²) in [6.45, 7) is 3.68. The van der Waals surface area contributed by atoms with Crippen LogP contribution in [0.3, 0.4) is 0 Å². The van der Waals surface area contributed by atoms with E-state index in [-0.39, 0.29) is 0 Å². The normalized spacial score (nSPS) is 9.42. The summed E-state index contributed by atoms with van der Waals surface area (Å²) in [7, 11) is 0. The molecule has 0 aromatic heterocycles. The standard InChI is InChI=1S/C10H14N2/c1-2-3-4-9-5-7-10(12-11)8-6-9/h2,5-8,12H,1,3-4,11H2. The Bertz CT molecular complexity index is 239. The molecule has 1 aromatic carbocycles. The number of nitrogen functional groups attached to an aromatic ring is 1. The third-order valence-corrected chi connectivity index (χ3v) is 1.76. The van der Waals surface area contributed by atoms with Crippen molar-refractivity contribution in [2.75, 3.05) is 5.43 Å². The van der Waals surface area contributed by atoms with Gasteiger partial charge in [0.05, 0.1) is 0 Å². The van der Waals surface area contributed by atoms with E-state index in [9.17, 15) is 0 Å². The van der Waals surface area contributed by atoms with E-state index < -0.39 is 0 Å². The van der Waals surface area contributed by atoms with Crippen molar-refractivity contribution in [1.29, 1.82) is 0 Å². The van der Waals surface area contributed by atoms with Crippen molar-refractivity contribution in [3.63, 3.8) is 0 Å². The quantitative estimate of drug-likeness (QED) is 0.404. The first-order valence-corrected chi connectivity index (χ1v) is 4.03. The van der Waals surface area contributed by atoms with Crippen LogP contribution in [0.4, 0.5) is 5.69 Å². The Balaban J connectivity index is 2.58. The molecule has 64 valence electrons. The fraction of sp³-hybridized carbons (Fsp3) is 0.200. The number of nitrogens with two attached hydrogens (primary N) is 1. The third-order valence-electron chi connectivity index (χ3n) is 1.76. The maximum atomic E-state index is 5.23. The lowest BCUT2D eigenvalue weighted by Crippen LogP contribution is -2.06. The SMILES string of the molecule is C=CCCc1ccc(NN)cc1. The van der Waals surface area contributed by atoms with E-state index >= 15 is 0 Å². The van der Waals surface area contributed by atoms with Gasteiger partial charge >= 0.3 is 0 Å². The molecule has 0 aliphatic heterocycles. The molecule has 0 saturated heterocycles. The summed E-state index contributed by atoms with van der Waals surface area (Å²) in [5.74, 6) is 5.23. The van der Waals surface area contributed by atoms with Crippen molar-refractivity contribution in [2.24, 2.45) is 5.84 Å². The van der Waals surface area contributed by atoms with E-state index in [1.165, 1.54) is 5.56 Å². The Morgan fingerprint density at radius 2 is 2.00 bits per heavy atom. The first-order chi connectivity index (χ1) is 5.86. The summed E-state index contributed by atoms with van der Waals surface area (Å²) in [5.41, 5.74) is 4.85. The molecule has 1 rings (SSSR count). The minimum absolute atomic E-state index is 0.942. The highest BCUT2D eigenvalue weighted by Crippen LogP contribution is 2.09. The van der Waals surface area contributed by atoms with E-state index in [0.29, 0.717) is 0 Å². The molecule has 0 atom stereocenters. The molecule has 0 unspecified atom stereocenters. The van der Waals surface area contributed by atoms with Gasteiger partial charge in [0.15, 0.2) is 0 Å². The van der Waals surface area contributed by atoms with E-state index in [0.717, 1.165) is 18.5 Å². The van der Waals surface area contributed by atoms with Crippen LogP contribution in [0.5, 0.6) is 0 Å². The van der Waals surface area contributed by atoms with Gasteiger partial charge < -0.3 is 5.43 Å². The van der Waals surface area contributed by atoms with Gasteiger partial charge in [-0.2, -0.15) is 0 Å². The minimum atomic E-state index is 0.942. The molecule has 0 amide bonds. The predicted octanol–water partition coefficient (Wildman–Crippen LogP) is 2.09. The second-order valence-corrected chi connectivity index (χ2v) is 2.67. The van der Waals surface area contributed by atoms with Gasteiger partial charge in [-0.1, -0.05) is 18.2 Å². The van der Waals surface area contributed by atoms with E-state index in [1.54, 1.807) is 0 Å². The van der Waals surface area contributed by atoms with Crippen molar-refractivity contribution in [1.82, 2.24) is 0 Å². The zero-order chi connectivity index (χ0) is 8.81. The van der Waals surface area contributed by atoms with Crippen LogP contribution in [0.2, 0.25) is 0 Å². The molecule has 0 saturated carbocycles. The van der Waals surface area contributed by atoms with Crippen LogP contribution in [-0.4, -0.2) is 0 Å². The van der Waals surface area contributed by atoms with Crippen LogP contribution in [0.1, 0.15) is 12.0 Å². The summed E-state index contributed by atoms with van der Waals surface area (Å²) >= 11 is 0. The molecule has 1 aromatic rings. The van der Waals surface area contributed by atoms with Crippen LogP contribution in [0, 0.1) is 0 Å². The Morgan fingerprint density at radius 3 is 2.50 bits per heavy atom. The Morgan fingerprint density at radius 1 is 1.33 bits per heavy atom. The summed E-state index contributed by atoms with van der Waals surface area (Å²) < 4.78 is 0. The summed E-state index contributed by atoms with van der Waals surface area (Å²) in [6, 6.07) is 8.08. The van der Waals surface area contributed by atoms with Crippen molar-refractivity contribution < 1.29 is 0 Å². The molecular weight excluding hydrogens is 148 g/mol. The van der Waals surface area contributed by atoms with Crippen LogP contribution in [0.25, 0.3) is 0 Å². The Kier molecular flexibility index (Phi) is 3.35. The summed E-state index contributed by atoms with van der Waals surface area (Å²) in [5, 5.41) is 0. The first-order valence-electron chi connectivity index (χ1n) is 4.03. The van der Waals surface area contributed by atoms with Gasteiger partial charge in [0, 0.05) is 5.69 Å². The van der Waals surface area contributed by atoms with E-state index in [2.05, 4.69) is 24.1 Å². The van der Waals surface area contributed by atoms with E-state index in [4.69, 9.17) is 5.84 Å². The smallest absolute Gasteiger partial charge is 0.0485 e. The number of rotatable bonds is 4. The van der Waals surface area contributed by atoms with Crippen molar-refractivity contribution >= 4 is 5.69 Å². The largest absolute Gasteiger partial charge is 0.324 e. The molecule has 0 radical (unpaired) electrons. The number of nitrogens with one attached hydrogen (secondary N) is 1. The lowest BCUT2D eigenvalue weighted by atomic mass is 10.1. The van der Waals surface area contributed by atoms with Crippen molar-refractivity contribution in [2.45, 2.75) is 12.8 Å². The predicted molar refractivity (Wildman–Crippen MR) is 52.8 cm³/mol. The van der Waals surface area contributed by atoms with Crippen LogP contribution in [-0.2, 0) is 6.42 Å². The second kappa shape index (κ2) is 4.57. The molecule has 0 heterocycles. The first kappa shape index (κ1) is 8.81. The third kappa shape index (κ3) is 2.40. The van der Waals surface area contributed by atoms with Gasteiger partial charge in [0.2, 0.25) is 0 Å². The molecule has 0 aliphatic rings. The molecule has 2 heteroatoms. The van der Waals surface area contributed by atoms with Gasteiger partial charge in [-0.3, -0.25) is 5.84 Å². The molecule has 3 N–H and O–H groups in total. The lowest BCUT2D eigenvalue weighted by molar-refractivity contribution is 1.00. The average Bonchev–Trinajstić information content (AvgIpc) is 2.15. The number of hydrazine groups is 1. The Hall–Kier alpha value is -1.28. The molecule has 2 nitrogen and oxygen atoms in total. The van der Waals surface area contributed by atoms with Crippen molar-refractivity contribution in [3.05, 3.63) is 42.5 Å². The molecular formula is C10H14N2. The maximum Gasteiger partial charge on any atom is 0.0485 e. The Labute approximate surface area is 73.1 Å². The number of anilines is 1. The number of benzene rings is 1. The van der Waals surface area contributed by atoms with Gasteiger partial charge in [0.25, 0.3) is 0 Å². The minimum Gasteiger partial charge on any atom is -0.324 e. The molecule has 0 bridgehead atoms. The van der Waals surface area contributed by atoms with E-state index in [1.807, 2.05) is 18.2 Å². The number of hydrogen-bond acceptors (Lipinski definition) is 2. The van der Waals surface area contributed by atoms with Crippen LogP contribution < -0.4 is 11.3 Å². The number of allylic oxidation sites excluding steroid dienone is 1. The fourth-order valence-corrected chi connectivity index (χ4v) is 1.04. The monoisotopic (exact) mass is 162 g/mol. The number of hydrogen-bond donors (Lipinski definition) is 2. The highest BCUT2D eigenvalue weighted by atomic mass is 15.2. The zero-order valence-electron chi connectivity index (χ0n) is 7.09. The van der Waals surface area contributed by atoms with Gasteiger partial charge in [-0.15, -0.1) is 6.58 Å². The summed E-state index contributed by atoms with van der Waals surface area (Å²) in [4.78, 5) is 0. The summed E-state index contributed by atoms with van der Waals surface area (Å²) in [6.07, 6.45) is 4.00.